The molecule has 7 nitrogen and oxygen atoms in total. The van der Waals surface area contributed by atoms with Gasteiger partial charge in [-0.2, -0.15) is 0 Å². The first-order chi connectivity index (χ1) is 14.0. The van der Waals surface area contributed by atoms with Crippen molar-refractivity contribution in [1.82, 2.24) is 0 Å². The molecular formula is C21H13FO7. The van der Waals surface area contributed by atoms with E-state index >= 15 is 0 Å². The van der Waals surface area contributed by atoms with Gasteiger partial charge in [0.25, 0.3) is 0 Å². The summed E-state index contributed by atoms with van der Waals surface area (Å²) >= 11 is 0. The van der Waals surface area contributed by atoms with Crippen LogP contribution in [0.4, 0.5) is 4.39 Å². The molecule has 2 aromatic carbocycles. The Morgan fingerprint density at radius 3 is 2.52 bits per heavy atom. The molecule has 0 bridgehead atoms. The van der Waals surface area contributed by atoms with Gasteiger partial charge in [-0.15, -0.1) is 0 Å². The van der Waals surface area contributed by atoms with Gasteiger partial charge < -0.3 is 23.4 Å². The molecule has 0 saturated carbocycles. The van der Waals surface area contributed by atoms with Gasteiger partial charge in [-0.1, -0.05) is 0 Å². The molecule has 4 aromatic rings. The monoisotopic (exact) mass is 396 g/mol. The van der Waals surface area contributed by atoms with Crippen molar-refractivity contribution in [3.05, 3.63) is 88.4 Å². The predicted molar refractivity (Wildman–Crippen MR) is 99.0 cm³/mol. The molecule has 4 rings (SSSR count). The molecule has 2 heterocycles. The summed E-state index contributed by atoms with van der Waals surface area (Å²) in [4.78, 5) is 23.4. The van der Waals surface area contributed by atoms with Gasteiger partial charge in [0.2, 0.25) is 16.9 Å². The molecule has 0 saturated heterocycles. The van der Waals surface area contributed by atoms with E-state index in [-0.39, 0.29) is 34.5 Å². The summed E-state index contributed by atoms with van der Waals surface area (Å²) < 4.78 is 34.6. The molecule has 0 unspecified atom stereocenters. The first-order valence-corrected chi connectivity index (χ1v) is 8.43. The lowest BCUT2D eigenvalue weighted by molar-refractivity contribution is 0.0658. The fourth-order valence-electron chi connectivity index (χ4n) is 2.61. The highest BCUT2D eigenvalue weighted by Crippen LogP contribution is 2.24. The SMILES string of the molecule is O=C(O)c1ccc(COc2ccc3c(=O)c(Oc4ccc(F)cc4)coc3c2)o1. The fraction of sp³-hybridized carbons (Fsp3) is 0.0476. The zero-order valence-corrected chi connectivity index (χ0v) is 14.8. The summed E-state index contributed by atoms with van der Waals surface area (Å²) in [5.41, 5.74) is -0.108. The maximum absolute atomic E-state index is 13.0. The molecule has 29 heavy (non-hydrogen) atoms. The van der Waals surface area contributed by atoms with Crippen LogP contribution in [0, 0.1) is 5.82 Å². The number of carboxylic acid groups (broad SMARTS) is 1. The number of ether oxygens (including phenoxy) is 2. The van der Waals surface area contributed by atoms with Crippen LogP contribution in [0.2, 0.25) is 0 Å². The van der Waals surface area contributed by atoms with Crippen LogP contribution in [-0.4, -0.2) is 11.1 Å². The standard InChI is InChI=1S/C21H13FO7/c22-12-1-3-13(4-2-12)28-19-11-27-18-9-14(5-7-16(18)20(19)23)26-10-15-6-8-17(29-15)21(24)25/h1-9,11H,10H2,(H,24,25). The zero-order chi connectivity index (χ0) is 20.4. The third-order valence-electron chi connectivity index (χ3n) is 4.01. The molecule has 146 valence electrons. The van der Waals surface area contributed by atoms with Gasteiger partial charge in [0.1, 0.15) is 41.5 Å². The molecule has 8 heteroatoms. The number of hydrogen-bond acceptors (Lipinski definition) is 6. The normalized spacial score (nSPS) is 10.8. The quantitative estimate of drug-likeness (QED) is 0.509. The smallest absolute Gasteiger partial charge is 0.371 e. The summed E-state index contributed by atoms with van der Waals surface area (Å²) in [6.07, 6.45) is 1.17. The van der Waals surface area contributed by atoms with Gasteiger partial charge in [0, 0.05) is 6.07 Å². The number of carbonyl (C=O) groups is 1. The largest absolute Gasteiger partial charge is 0.486 e. The van der Waals surface area contributed by atoms with Crippen molar-refractivity contribution in [1.29, 1.82) is 0 Å². The highest BCUT2D eigenvalue weighted by molar-refractivity contribution is 5.84. The van der Waals surface area contributed by atoms with E-state index in [1.165, 1.54) is 54.8 Å². The van der Waals surface area contributed by atoms with E-state index < -0.39 is 11.8 Å². The molecule has 0 radical (unpaired) electrons. The van der Waals surface area contributed by atoms with Crippen LogP contribution in [0.5, 0.6) is 17.2 Å². The number of carboxylic acids is 1. The van der Waals surface area contributed by atoms with Crippen LogP contribution in [0.15, 0.2) is 74.5 Å². The average Bonchev–Trinajstić information content (AvgIpc) is 3.20. The van der Waals surface area contributed by atoms with Crippen molar-refractivity contribution in [3.63, 3.8) is 0 Å². The molecule has 0 aliphatic carbocycles. The molecule has 0 fully saturated rings. The maximum Gasteiger partial charge on any atom is 0.371 e. The van der Waals surface area contributed by atoms with Crippen molar-refractivity contribution in [2.75, 3.05) is 0 Å². The number of benzene rings is 2. The Morgan fingerprint density at radius 2 is 1.79 bits per heavy atom. The van der Waals surface area contributed by atoms with E-state index in [0.717, 1.165) is 0 Å². The van der Waals surface area contributed by atoms with E-state index in [1.807, 2.05) is 0 Å². The molecule has 2 aromatic heterocycles. The lowest BCUT2D eigenvalue weighted by Gasteiger charge is -2.07. The Bertz CT molecular complexity index is 1240. The van der Waals surface area contributed by atoms with Crippen molar-refractivity contribution in [2.24, 2.45) is 0 Å². The van der Waals surface area contributed by atoms with Gasteiger partial charge >= 0.3 is 5.97 Å². The Hall–Kier alpha value is -4.07. The molecule has 0 spiro atoms. The fourth-order valence-corrected chi connectivity index (χ4v) is 2.61. The van der Waals surface area contributed by atoms with E-state index in [4.69, 9.17) is 23.4 Å². The summed E-state index contributed by atoms with van der Waals surface area (Å²) in [5.74, 6) is -0.742. The Labute approximate surface area is 162 Å². The van der Waals surface area contributed by atoms with Crippen LogP contribution in [-0.2, 0) is 6.61 Å². The lowest BCUT2D eigenvalue weighted by atomic mass is 10.2. The third-order valence-corrected chi connectivity index (χ3v) is 4.01. The van der Waals surface area contributed by atoms with Crippen molar-refractivity contribution >= 4 is 16.9 Å². The second-order valence-electron chi connectivity index (χ2n) is 6.00. The molecular weight excluding hydrogens is 383 g/mol. The molecule has 0 amide bonds. The highest BCUT2D eigenvalue weighted by Gasteiger charge is 2.12. The maximum atomic E-state index is 13.0. The summed E-state index contributed by atoms with van der Waals surface area (Å²) in [5, 5.41) is 9.13. The van der Waals surface area contributed by atoms with Crippen LogP contribution in [0.25, 0.3) is 11.0 Å². The van der Waals surface area contributed by atoms with E-state index in [0.29, 0.717) is 17.3 Å². The van der Waals surface area contributed by atoms with Crippen LogP contribution in [0.3, 0.4) is 0 Å². The first-order valence-electron chi connectivity index (χ1n) is 8.43. The molecule has 0 aliphatic heterocycles. The first kappa shape index (κ1) is 18.3. The minimum atomic E-state index is -1.16. The Morgan fingerprint density at radius 1 is 1.03 bits per heavy atom. The number of halogens is 1. The number of aromatic carboxylic acids is 1. The number of furan rings is 1. The average molecular weight is 396 g/mol. The Balaban J connectivity index is 1.52. The minimum absolute atomic E-state index is 0.00871. The van der Waals surface area contributed by atoms with Crippen LogP contribution < -0.4 is 14.9 Å². The van der Waals surface area contributed by atoms with Crippen LogP contribution >= 0.6 is 0 Å². The lowest BCUT2D eigenvalue weighted by Crippen LogP contribution is -2.05. The van der Waals surface area contributed by atoms with Crippen molar-refractivity contribution in [2.45, 2.75) is 6.61 Å². The third kappa shape index (κ3) is 3.96. The highest BCUT2D eigenvalue weighted by atomic mass is 19.1. The summed E-state index contributed by atoms with van der Waals surface area (Å²) in [6.45, 7) is 0.00871. The van der Waals surface area contributed by atoms with Crippen molar-refractivity contribution in [3.8, 4) is 17.2 Å². The van der Waals surface area contributed by atoms with E-state index in [9.17, 15) is 14.0 Å². The minimum Gasteiger partial charge on any atom is -0.486 e. The number of hydrogen-bond donors (Lipinski definition) is 1. The topological polar surface area (TPSA) is 99.1 Å². The van der Waals surface area contributed by atoms with E-state index in [2.05, 4.69) is 0 Å². The zero-order valence-electron chi connectivity index (χ0n) is 14.8. The summed E-state index contributed by atoms with van der Waals surface area (Å²) in [6, 6.07) is 12.7. The van der Waals surface area contributed by atoms with Crippen LogP contribution in [0.1, 0.15) is 16.3 Å². The molecule has 0 aliphatic rings. The van der Waals surface area contributed by atoms with Gasteiger partial charge in [-0.05, 0) is 48.5 Å². The van der Waals surface area contributed by atoms with Gasteiger partial charge in [-0.3, -0.25) is 4.79 Å². The van der Waals surface area contributed by atoms with E-state index in [1.54, 1.807) is 6.07 Å². The second-order valence-corrected chi connectivity index (χ2v) is 6.00. The van der Waals surface area contributed by atoms with Gasteiger partial charge in [0.15, 0.2) is 0 Å². The van der Waals surface area contributed by atoms with Gasteiger partial charge in [-0.25, -0.2) is 9.18 Å². The number of fused-ring (bicyclic) bond motifs is 1. The Kier molecular flexibility index (Phi) is 4.74. The number of rotatable bonds is 6. The summed E-state index contributed by atoms with van der Waals surface area (Å²) in [7, 11) is 0. The molecule has 1 N–H and O–H groups in total. The van der Waals surface area contributed by atoms with Crippen molar-refractivity contribution < 1.29 is 32.6 Å². The van der Waals surface area contributed by atoms with Gasteiger partial charge in [0.05, 0.1) is 5.39 Å². The predicted octanol–water partition coefficient (Wildman–Crippen LogP) is 4.59. The second kappa shape index (κ2) is 7.51. The molecule has 0 atom stereocenters.